The van der Waals surface area contributed by atoms with Gasteiger partial charge in [-0.2, -0.15) is 0 Å². The van der Waals surface area contributed by atoms with Gasteiger partial charge in [-0.25, -0.2) is 0 Å². The number of likely N-dealkylation sites (tertiary alicyclic amines) is 1. The van der Waals surface area contributed by atoms with Crippen LogP contribution in [0.4, 0.5) is 5.69 Å². The Morgan fingerprint density at radius 2 is 2.00 bits per heavy atom. The van der Waals surface area contributed by atoms with E-state index in [1.807, 2.05) is 19.1 Å². The van der Waals surface area contributed by atoms with Crippen LogP contribution in [-0.2, 0) is 9.59 Å². The van der Waals surface area contributed by atoms with Crippen LogP contribution in [0.25, 0.3) is 0 Å². The lowest BCUT2D eigenvalue weighted by atomic mass is 9.99. The molecule has 0 atom stereocenters. The Balaban J connectivity index is 1.92. The number of benzene rings is 1. The van der Waals surface area contributed by atoms with Crippen molar-refractivity contribution in [3.05, 3.63) is 23.8 Å². The topological polar surface area (TPSA) is 58.6 Å². The van der Waals surface area contributed by atoms with Crippen LogP contribution in [0.3, 0.4) is 0 Å². The monoisotopic (exact) mass is 304 g/mol. The second-order valence-corrected chi connectivity index (χ2v) is 5.99. The van der Waals surface area contributed by atoms with Crippen molar-refractivity contribution in [3.63, 3.8) is 0 Å². The summed E-state index contributed by atoms with van der Waals surface area (Å²) in [6, 6.07) is 5.55. The van der Waals surface area contributed by atoms with Gasteiger partial charge in [-0.3, -0.25) is 9.59 Å². The van der Waals surface area contributed by atoms with Crippen LogP contribution >= 0.6 is 0 Å². The molecule has 1 heterocycles. The lowest BCUT2D eigenvalue weighted by molar-refractivity contribution is -0.135. The van der Waals surface area contributed by atoms with E-state index < -0.39 is 0 Å². The molecule has 2 rings (SSSR count). The third kappa shape index (κ3) is 4.23. The number of ether oxygens (including phenoxy) is 1. The molecule has 1 N–H and O–H groups in total. The normalized spacial score (nSPS) is 15.5. The van der Waals surface area contributed by atoms with Gasteiger partial charge in [0.15, 0.2) is 0 Å². The maximum Gasteiger partial charge on any atom is 0.233 e. The first-order valence-electron chi connectivity index (χ1n) is 7.72. The number of anilines is 1. The molecule has 0 unspecified atom stereocenters. The molecule has 0 aliphatic carbocycles. The van der Waals surface area contributed by atoms with Crippen molar-refractivity contribution in [2.45, 2.75) is 33.1 Å². The zero-order valence-electron chi connectivity index (χ0n) is 13.5. The lowest BCUT2D eigenvalue weighted by Crippen LogP contribution is -2.39. The van der Waals surface area contributed by atoms with Gasteiger partial charge in [0.25, 0.3) is 0 Å². The molecular formula is C17H24N2O3. The van der Waals surface area contributed by atoms with Crippen molar-refractivity contribution in [2.24, 2.45) is 5.92 Å². The van der Waals surface area contributed by atoms with Gasteiger partial charge in [0.1, 0.15) is 12.2 Å². The smallest absolute Gasteiger partial charge is 0.233 e. The third-order valence-electron chi connectivity index (χ3n) is 4.08. The Bertz CT molecular complexity index is 549. The van der Waals surface area contributed by atoms with Crippen molar-refractivity contribution in [2.75, 3.05) is 25.5 Å². The van der Waals surface area contributed by atoms with Crippen LogP contribution in [0.2, 0.25) is 0 Å². The van der Waals surface area contributed by atoms with Crippen LogP contribution in [-0.4, -0.2) is 36.9 Å². The lowest BCUT2D eigenvalue weighted by Gasteiger charge is -2.30. The first-order valence-corrected chi connectivity index (χ1v) is 7.72. The van der Waals surface area contributed by atoms with E-state index in [0.717, 1.165) is 31.5 Å². The molecule has 1 fully saturated rings. The number of amides is 2. The number of hydrogen-bond donors (Lipinski definition) is 1. The standard InChI is InChI=1S/C17H24N2O3/c1-12-6-8-19(9-7-12)17(21)11-16(20)18-14-10-13(2)4-5-15(14)22-3/h4-5,10,12H,6-9,11H2,1-3H3,(H,18,20). The van der Waals surface area contributed by atoms with Gasteiger partial charge in [0, 0.05) is 13.1 Å². The minimum absolute atomic E-state index is 0.101. The average Bonchev–Trinajstić information content (AvgIpc) is 2.48. The van der Waals surface area contributed by atoms with Crippen LogP contribution in [0.15, 0.2) is 18.2 Å². The van der Waals surface area contributed by atoms with E-state index in [4.69, 9.17) is 4.74 Å². The Morgan fingerprint density at radius 3 is 2.64 bits per heavy atom. The van der Waals surface area contributed by atoms with Gasteiger partial charge < -0.3 is 15.0 Å². The number of methoxy groups -OCH3 is 1. The van der Waals surface area contributed by atoms with Crippen molar-refractivity contribution < 1.29 is 14.3 Å². The fourth-order valence-electron chi connectivity index (χ4n) is 2.62. The second-order valence-electron chi connectivity index (χ2n) is 5.99. The zero-order valence-corrected chi connectivity index (χ0v) is 13.5. The SMILES string of the molecule is COc1ccc(C)cc1NC(=O)CC(=O)N1CCC(C)CC1. The third-order valence-corrected chi connectivity index (χ3v) is 4.08. The number of nitrogens with zero attached hydrogens (tertiary/aromatic N) is 1. The number of rotatable bonds is 4. The highest BCUT2D eigenvalue weighted by atomic mass is 16.5. The Labute approximate surface area is 131 Å². The van der Waals surface area contributed by atoms with E-state index in [-0.39, 0.29) is 18.2 Å². The molecule has 0 bridgehead atoms. The van der Waals surface area contributed by atoms with Gasteiger partial charge in [-0.15, -0.1) is 0 Å². The summed E-state index contributed by atoms with van der Waals surface area (Å²) in [6.45, 7) is 5.63. The number of carbonyl (C=O) groups is 2. The molecule has 0 radical (unpaired) electrons. The highest BCUT2D eigenvalue weighted by Crippen LogP contribution is 2.25. The largest absolute Gasteiger partial charge is 0.495 e. The Hall–Kier alpha value is -2.04. The molecule has 120 valence electrons. The molecule has 0 aromatic heterocycles. The molecule has 1 aliphatic rings. The van der Waals surface area contributed by atoms with Gasteiger partial charge >= 0.3 is 0 Å². The summed E-state index contributed by atoms with van der Waals surface area (Å²) >= 11 is 0. The maximum absolute atomic E-state index is 12.2. The van der Waals surface area contributed by atoms with E-state index in [2.05, 4.69) is 12.2 Å². The highest BCUT2D eigenvalue weighted by Gasteiger charge is 2.22. The number of aryl methyl sites for hydroxylation is 1. The predicted molar refractivity (Wildman–Crippen MR) is 86.0 cm³/mol. The molecule has 0 spiro atoms. The minimum atomic E-state index is -0.299. The van der Waals surface area contributed by atoms with Gasteiger partial charge in [-0.05, 0) is 43.4 Å². The molecule has 5 nitrogen and oxygen atoms in total. The summed E-state index contributed by atoms with van der Waals surface area (Å²) in [6.07, 6.45) is 1.91. The summed E-state index contributed by atoms with van der Waals surface area (Å²) < 4.78 is 5.22. The van der Waals surface area contributed by atoms with Crippen molar-refractivity contribution in [3.8, 4) is 5.75 Å². The van der Waals surface area contributed by atoms with Crippen LogP contribution in [0.5, 0.6) is 5.75 Å². The first kappa shape index (κ1) is 16.3. The summed E-state index contributed by atoms with van der Waals surface area (Å²) in [4.78, 5) is 26.0. The summed E-state index contributed by atoms with van der Waals surface area (Å²) in [5.74, 6) is 0.858. The number of hydrogen-bond acceptors (Lipinski definition) is 3. The highest BCUT2D eigenvalue weighted by molar-refractivity contribution is 6.04. The first-order chi connectivity index (χ1) is 10.5. The number of nitrogens with one attached hydrogen (secondary N) is 1. The number of carbonyl (C=O) groups excluding carboxylic acids is 2. The molecule has 2 amide bonds. The van der Waals surface area contributed by atoms with Crippen molar-refractivity contribution in [1.82, 2.24) is 4.90 Å². The molecule has 0 saturated carbocycles. The van der Waals surface area contributed by atoms with E-state index in [1.165, 1.54) is 0 Å². The fourth-order valence-corrected chi connectivity index (χ4v) is 2.62. The average molecular weight is 304 g/mol. The van der Waals surface area contributed by atoms with E-state index in [9.17, 15) is 9.59 Å². The Morgan fingerprint density at radius 1 is 1.32 bits per heavy atom. The summed E-state index contributed by atoms with van der Waals surface area (Å²) in [5, 5.41) is 2.77. The number of piperidine rings is 1. The molecule has 1 saturated heterocycles. The van der Waals surface area contributed by atoms with Crippen molar-refractivity contribution in [1.29, 1.82) is 0 Å². The fraction of sp³-hybridized carbons (Fsp3) is 0.529. The van der Waals surface area contributed by atoms with Gasteiger partial charge in [0.05, 0.1) is 12.8 Å². The Kier molecular flexibility index (Phi) is 5.41. The van der Waals surface area contributed by atoms with Crippen LogP contribution in [0, 0.1) is 12.8 Å². The van der Waals surface area contributed by atoms with Gasteiger partial charge in [-0.1, -0.05) is 13.0 Å². The van der Waals surface area contributed by atoms with E-state index in [1.54, 1.807) is 18.1 Å². The molecule has 5 heteroatoms. The molecule has 1 aromatic rings. The molecular weight excluding hydrogens is 280 g/mol. The predicted octanol–water partition coefficient (Wildman–Crippen LogP) is 2.59. The molecule has 1 aromatic carbocycles. The quantitative estimate of drug-likeness (QED) is 0.870. The van der Waals surface area contributed by atoms with E-state index >= 15 is 0 Å². The summed E-state index contributed by atoms with van der Waals surface area (Å²) in [7, 11) is 1.56. The van der Waals surface area contributed by atoms with Crippen LogP contribution < -0.4 is 10.1 Å². The van der Waals surface area contributed by atoms with E-state index in [0.29, 0.717) is 17.4 Å². The summed E-state index contributed by atoms with van der Waals surface area (Å²) in [5.41, 5.74) is 1.63. The van der Waals surface area contributed by atoms with Gasteiger partial charge in [0.2, 0.25) is 11.8 Å². The molecule has 1 aliphatic heterocycles. The minimum Gasteiger partial charge on any atom is -0.495 e. The zero-order chi connectivity index (χ0) is 16.1. The van der Waals surface area contributed by atoms with Crippen molar-refractivity contribution >= 4 is 17.5 Å². The maximum atomic E-state index is 12.2. The van der Waals surface area contributed by atoms with Crippen LogP contribution in [0.1, 0.15) is 31.7 Å². The second kappa shape index (κ2) is 7.29. The molecule has 22 heavy (non-hydrogen) atoms.